The number of aromatic nitrogens is 2. The molecule has 14 heteroatoms. The molecule has 0 saturated carbocycles. The molecule has 0 aliphatic heterocycles. The van der Waals surface area contributed by atoms with Crippen molar-refractivity contribution in [1.82, 2.24) is 9.97 Å². The van der Waals surface area contributed by atoms with E-state index in [0.29, 0.717) is 6.07 Å². The summed E-state index contributed by atoms with van der Waals surface area (Å²) in [6, 6.07) is 4.09. The van der Waals surface area contributed by atoms with Crippen molar-refractivity contribution in [2.24, 2.45) is 0 Å². The molecule has 3 aromatic rings. The average molecular weight is 519 g/mol. The summed E-state index contributed by atoms with van der Waals surface area (Å²) >= 11 is 6.95. The first-order valence-electron chi connectivity index (χ1n) is 9.38. The molecule has 1 unspecified atom stereocenters. The zero-order chi connectivity index (χ0) is 25.0. The maximum atomic E-state index is 14.3. The number of nitrogens with one attached hydrogen (secondary N) is 2. The van der Waals surface area contributed by atoms with Crippen molar-refractivity contribution in [3.63, 3.8) is 0 Å². The van der Waals surface area contributed by atoms with E-state index in [-0.39, 0.29) is 39.3 Å². The molecular formula is C20H15ClF4N4O4S. The minimum absolute atomic E-state index is 0.00642. The molecule has 4 N–H and O–H groups in total. The molecule has 8 nitrogen and oxygen atoms in total. The number of halogens is 5. The van der Waals surface area contributed by atoms with Crippen molar-refractivity contribution >= 4 is 45.8 Å². The number of alkyl halides is 3. The van der Waals surface area contributed by atoms with Gasteiger partial charge in [-0.05, 0) is 18.2 Å². The number of aliphatic carboxylic acids is 1. The Balaban J connectivity index is 1.70. The maximum absolute atomic E-state index is 14.3. The number of benzene rings is 1. The number of aliphatic hydroxyl groups is 1. The number of carbonyl (C=O) groups excluding carboxylic acids is 1. The van der Waals surface area contributed by atoms with Gasteiger partial charge in [0.15, 0.2) is 5.13 Å². The van der Waals surface area contributed by atoms with E-state index < -0.39 is 42.0 Å². The van der Waals surface area contributed by atoms with Crippen LogP contribution in [0.1, 0.15) is 22.3 Å². The Morgan fingerprint density at radius 3 is 2.65 bits per heavy atom. The first kappa shape index (κ1) is 25.3. The monoisotopic (exact) mass is 518 g/mol. The third-order valence-electron chi connectivity index (χ3n) is 4.32. The van der Waals surface area contributed by atoms with Gasteiger partial charge in [-0.15, -0.1) is 11.3 Å². The molecule has 2 aromatic heterocycles. The summed E-state index contributed by atoms with van der Waals surface area (Å²) in [6.45, 7) is -0.140. The van der Waals surface area contributed by atoms with E-state index in [0.717, 1.165) is 29.7 Å². The van der Waals surface area contributed by atoms with Crippen molar-refractivity contribution < 1.29 is 37.4 Å². The Bertz CT molecular complexity index is 1220. The number of hydrogen-bond acceptors (Lipinski definition) is 7. The van der Waals surface area contributed by atoms with Crippen LogP contribution in [0.5, 0.6) is 0 Å². The minimum atomic E-state index is -4.87. The van der Waals surface area contributed by atoms with E-state index in [9.17, 15) is 32.3 Å². The Morgan fingerprint density at radius 1 is 1.26 bits per heavy atom. The molecule has 0 aliphatic rings. The zero-order valence-electron chi connectivity index (χ0n) is 16.9. The van der Waals surface area contributed by atoms with Gasteiger partial charge >= 0.3 is 12.1 Å². The number of carbonyl (C=O) groups is 2. The Kier molecular flexibility index (Phi) is 7.69. The lowest BCUT2D eigenvalue weighted by Gasteiger charge is -2.12. The van der Waals surface area contributed by atoms with E-state index >= 15 is 0 Å². The minimum Gasteiger partial charge on any atom is -0.481 e. The van der Waals surface area contributed by atoms with Crippen molar-refractivity contribution in [2.45, 2.75) is 18.7 Å². The highest BCUT2D eigenvalue weighted by molar-refractivity contribution is 7.14. The summed E-state index contributed by atoms with van der Waals surface area (Å²) in [5, 5.41) is 24.6. The summed E-state index contributed by atoms with van der Waals surface area (Å²) in [5.74, 6) is -3.22. The van der Waals surface area contributed by atoms with E-state index in [2.05, 4.69) is 20.6 Å². The molecule has 1 aromatic carbocycles. The van der Waals surface area contributed by atoms with Crippen LogP contribution in [0.25, 0.3) is 11.3 Å². The fourth-order valence-electron chi connectivity index (χ4n) is 2.75. The van der Waals surface area contributed by atoms with Crippen LogP contribution in [0.15, 0.2) is 35.8 Å². The number of hydrogen-bond donors (Lipinski definition) is 4. The van der Waals surface area contributed by atoms with Gasteiger partial charge in [-0.2, -0.15) is 13.2 Å². The first-order chi connectivity index (χ1) is 16.0. The summed E-state index contributed by atoms with van der Waals surface area (Å²) in [6.07, 6.45) is -5.37. The van der Waals surface area contributed by atoms with E-state index in [4.69, 9.17) is 16.7 Å². The van der Waals surface area contributed by atoms with Crippen LogP contribution >= 0.6 is 22.9 Å². The molecule has 0 fully saturated rings. The highest BCUT2D eigenvalue weighted by Crippen LogP contribution is 2.36. The maximum Gasteiger partial charge on any atom is 0.419 e. The molecule has 2 heterocycles. The SMILES string of the molecule is O=C(O)CC(O)CNc1ncc(C(=O)Nc2nc(-c3cccc(C(F)(F)F)c3F)cs2)cc1Cl. The van der Waals surface area contributed by atoms with Gasteiger partial charge in [-0.3, -0.25) is 14.9 Å². The molecule has 180 valence electrons. The van der Waals surface area contributed by atoms with Crippen LogP contribution in [0.4, 0.5) is 28.5 Å². The summed E-state index contributed by atoms with van der Waals surface area (Å²) in [7, 11) is 0. The second-order valence-electron chi connectivity index (χ2n) is 6.84. The van der Waals surface area contributed by atoms with Gasteiger partial charge in [0.1, 0.15) is 11.6 Å². The van der Waals surface area contributed by atoms with Gasteiger partial charge in [0.05, 0.1) is 34.4 Å². The van der Waals surface area contributed by atoms with Gasteiger partial charge in [0.2, 0.25) is 0 Å². The number of nitrogens with zero attached hydrogens (tertiary/aromatic N) is 2. The van der Waals surface area contributed by atoms with E-state index in [1.807, 2.05) is 0 Å². The topological polar surface area (TPSA) is 124 Å². The average Bonchev–Trinajstić information content (AvgIpc) is 3.19. The number of carboxylic acid groups (broad SMARTS) is 1. The number of aliphatic hydroxyl groups excluding tert-OH is 1. The Morgan fingerprint density at radius 2 is 2.00 bits per heavy atom. The van der Waals surface area contributed by atoms with Crippen LogP contribution < -0.4 is 10.6 Å². The van der Waals surface area contributed by atoms with Gasteiger partial charge in [0, 0.05) is 23.7 Å². The molecule has 0 aliphatic carbocycles. The molecule has 0 bridgehead atoms. The van der Waals surface area contributed by atoms with E-state index in [1.165, 1.54) is 11.4 Å². The quantitative estimate of drug-likeness (QED) is 0.323. The lowest BCUT2D eigenvalue weighted by atomic mass is 10.1. The van der Waals surface area contributed by atoms with E-state index in [1.54, 1.807) is 0 Å². The lowest BCUT2D eigenvalue weighted by molar-refractivity contribution is -0.140. The van der Waals surface area contributed by atoms with Crippen LogP contribution in [-0.4, -0.2) is 44.7 Å². The van der Waals surface area contributed by atoms with Crippen molar-refractivity contribution in [2.75, 3.05) is 17.2 Å². The number of thiazole rings is 1. The van der Waals surface area contributed by atoms with Crippen molar-refractivity contribution in [3.8, 4) is 11.3 Å². The van der Waals surface area contributed by atoms with Gasteiger partial charge in [0.25, 0.3) is 5.91 Å². The summed E-state index contributed by atoms with van der Waals surface area (Å²) < 4.78 is 53.1. The van der Waals surface area contributed by atoms with Crippen LogP contribution in [-0.2, 0) is 11.0 Å². The second kappa shape index (κ2) is 10.3. The van der Waals surface area contributed by atoms with Crippen molar-refractivity contribution in [3.05, 3.63) is 57.8 Å². The number of carboxylic acids is 1. The number of pyridine rings is 1. The third-order valence-corrected chi connectivity index (χ3v) is 5.37. The fourth-order valence-corrected chi connectivity index (χ4v) is 3.69. The predicted octanol–water partition coefficient (Wildman–Crippen LogP) is 4.52. The smallest absolute Gasteiger partial charge is 0.419 e. The summed E-state index contributed by atoms with van der Waals surface area (Å²) in [5.41, 5.74) is -1.85. The predicted molar refractivity (Wildman–Crippen MR) is 116 cm³/mol. The second-order valence-corrected chi connectivity index (χ2v) is 8.11. The molecular weight excluding hydrogens is 504 g/mol. The zero-order valence-corrected chi connectivity index (χ0v) is 18.4. The lowest BCUT2D eigenvalue weighted by Crippen LogP contribution is -2.23. The van der Waals surface area contributed by atoms with Crippen LogP contribution in [0.2, 0.25) is 5.02 Å². The van der Waals surface area contributed by atoms with Crippen LogP contribution in [0, 0.1) is 5.82 Å². The van der Waals surface area contributed by atoms with Gasteiger partial charge in [-0.25, -0.2) is 14.4 Å². The highest BCUT2D eigenvalue weighted by Gasteiger charge is 2.35. The number of rotatable bonds is 8. The standard InChI is InChI=1S/C20H15ClF4N4O4S/c21-13-4-9(6-26-17(13)27-7-10(30)5-15(31)32)18(33)29-19-28-14(8-34-19)11-2-1-3-12(16(11)22)20(23,24)25/h1-4,6,8,10,30H,5,7H2,(H,26,27)(H,31,32)(H,28,29,33). The molecule has 3 rings (SSSR count). The number of amides is 1. The largest absolute Gasteiger partial charge is 0.481 e. The molecule has 0 radical (unpaired) electrons. The van der Waals surface area contributed by atoms with Crippen molar-refractivity contribution in [1.29, 1.82) is 0 Å². The molecule has 1 atom stereocenters. The molecule has 34 heavy (non-hydrogen) atoms. The van der Waals surface area contributed by atoms with Gasteiger partial charge < -0.3 is 15.5 Å². The Labute approximate surface area is 198 Å². The normalized spacial score (nSPS) is 12.3. The fraction of sp³-hybridized carbons (Fsp3) is 0.200. The Hall–Kier alpha value is -3.29. The number of anilines is 2. The summed E-state index contributed by atoms with van der Waals surface area (Å²) in [4.78, 5) is 31.0. The molecule has 0 saturated heterocycles. The molecule has 1 amide bonds. The highest BCUT2D eigenvalue weighted by atomic mass is 35.5. The molecule has 0 spiro atoms. The first-order valence-corrected chi connectivity index (χ1v) is 10.6. The van der Waals surface area contributed by atoms with Gasteiger partial charge in [-0.1, -0.05) is 17.7 Å². The third kappa shape index (κ3) is 6.18. The van der Waals surface area contributed by atoms with Crippen LogP contribution in [0.3, 0.4) is 0 Å².